The van der Waals surface area contributed by atoms with E-state index in [1.165, 1.54) is 17.2 Å². The average molecular weight is 415 g/mol. The third-order valence-electron chi connectivity index (χ3n) is 3.75. The van der Waals surface area contributed by atoms with Gasteiger partial charge >= 0.3 is 0 Å². The first kappa shape index (κ1) is 19.5. The summed E-state index contributed by atoms with van der Waals surface area (Å²) in [5, 5.41) is 9.01. The van der Waals surface area contributed by atoms with Gasteiger partial charge in [-0.25, -0.2) is 0 Å². The lowest BCUT2D eigenvalue weighted by molar-refractivity contribution is -0.114. The number of nitriles is 1. The predicted molar refractivity (Wildman–Crippen MR) is 104 cm³/mol. The summed E-state index contributed by atoms with van der Waals surface area (Å²) in [5.74, 6) is 0.538. The molecule has 0 fully saturated rings. The summed E-state index contributed by atoms with van der Waals surface area (Å²) < 4.78 is 12.2. The summed E-state index contributed by atoms with van der Waals surface area (Å²) >= 11 is 3.36. The van der Waals surface area contributed by atoms with Gasteiger partial charge < -0.3 is 15.2 Å². The number of hydrogen-bond acceptors (Lipinski definition) is 4. The molecule has 0 aliphatic rings. The van der Waals surface area contributed by atoms with Crippen LogP contribution in [0.3, 0.4) is 0 Å². The van der Waals surface area contributed by atoms with Crippen LogP contribution in [0.4, 0.5) is 0 Å². The van der Waals surface area contributed by atoms with Gasteiger partial charge in [0.25, 0.3) is 5.91 Å². The number of ether oxygens (including phenoxy) is 2. The molecule has 2 aromatic carbocycles. The summed E-state index contributed by atoms with van der Waals surface area (Å²) in [5.41, 5.74) is 8.01. The molecule has 0 aliphatic carbocycles. The topological polar surface area (TPSA) is 85.3 Å². The molecule has 0 radical (unpaired) electrons. The van der Waals surface area contributed by atoms with Crippen molar-refractivity contribution in [1.29, 1.82) is 5.26 Å². The fraction of sp³-hybridized carbons (Fsp3) is 0.200. The molecule has 2 aromatic rings. The molecule has 0 aromatic heterocycles. The molecule has 0 saturated heterocycles. The Labute approximate surface area is 161 Å². The van der Waals surface area contributed by atoms with Crippen molar-refractivity contribution in [1.82, 2.24) is 0 Å². The predicted octanol–water partition coefficient (Wildman–Crippen LogP) is 3.92. The largest absolute Gasteiger partial charge is 0.490 e. The number of rotatable bonds is 7. The first-order valence-electron chi connectivity index (χ1n) is 7.94. The molecule has 0 bridgehead atoms. The fourth-order valence-electron chi connectivity index (χ4n) is 2.19. The zero-order chi connectivity index (χ0) is 19.1. The number of primary amides is 1. The molecule has 0 heterocycles. The minimum Gasteiger partial charge on any atom is -0.490 e. The Morgan fingerprint density at radius 3 is 2.54 bits per heavy atom. The van der Waals surface area contributed by atoms with Crippen LogP contribution in [0.25, 0.3) is 6.08 Å². The summed E-state index contributed by atoms with van der Waals surface area (Å²) in [4.78, 5) is 11.3. The minimum atomic E-state index is -0.781. The quantitative estimate of drug-likeness (QED) is 0.422. The van der Waals surface area contributed by atoms with E-state index in [2.05, 4.69) is 15.9 Å². The third kappa shape index (κ3) is 5.36. The van der Waals surface area contributed by atoms with Crippen molar-refractivity contribution in [2.24, 2.45) is 5.73 Å². The SMILES string of the molecule is Cc1ccc(OCCOc2ccc(Br)cc2/C=C(\C#N)C(N)=O)cc1C. The average Bonchev–Trinajstić information content (AvgIpc) is 2.60. The zero-order valence-electron chi connectivity index (χ0n) is 14.6. The number of halogens is 1. The highest BCUT2D eigenvalue weighted by molar-refractivity contribution is 9.10. The summed E-state index contributed by atoms with van der Waals surface area (Å²) in [7, 11) is 0. The van der Waals surface area contributed by atoms with Crippen LogP contribution in [0.1, 0.15) is 16.7 Å². The smallest absolute Gasteiger partial charge is 0.259 e. The Balaban J connectivity index is 2.04. The Bertz CT molecular complexity index is 885. The van der Waals surface area contributed by atoms with Gasteiger partial charge in [-0.15, -0.1) is 0 Å². The standard InChI is InChI=1S/C20H19BrN2O3/c1-13-3-5-18(9-14(13)2)25-7-8-26-19-6-4-17(21)11-15(19)10-16(12-22)20(23)24/h3-6,9-11H,7-8H2,1-2H3,(H2,23,24)/b16-10+. The van der Waals surface area contributed by atoms with Gasteiger partial charge in [0.15, 0.2) is 0 Å². The van der Waals surface area contributed by atoms with E-state index in [0.29, 0.717) is 24.5 Å². The van der Waals surface area contributed by atoms with Crippen LogP contribution in [0.2, 0.25) is 0 Å². The second-order valence-corrected chi connectivity index (χ2v) is 6.57. The van der Waals surface area contributed by atoms with Crippen molar-refractivity contribution in [3.8, 4) is 17.6 Å². The van der Waals surface area contributed by atoms with E-state index < -0.39 is 5.91 Å². The van der Waals surface area contributed by atoms with Crippen LogP contribution in [0.5, 0.6) is 11.5 Å². The van der Waals surface area contributed by atoms with E-state index in [1.807, 2.05) is 38.1 Å². The Morgan fingerprint density at radius 2 is 1.88 bits per heavy atom. The van der Waals surface area contributed by atoms with Crippen molar-refractivity contribution in [3.05, 3.63) is 63.1 Å². The van der Waals surface area contributed by atoms with E-state index in [9.17, 15) is 4.79 Å². The van der Waals surface area contributed by atoms with Gasteiger partial charge in [0.2, 0.25) is 0 Å². The molecule has 0 saturated carbocycles. The lowest BCUT2D eigenvalue weighted by Gasteiger charge is -2.12. The normalized spacial score (nSPS) is 10.9. The lowest BCUT2D eigenvalue weighted by atomic mass is 10.1. The first-order valence-corrected chi connectivity index (χ1v) is 8.74. The number of nitrogens with zero attached hydrogens (tertiary/aromatic N) is 1. The van der Waals surface area contributed by atoms with Crippen LogP contribution >= 0.6 is 15.9 Å². The number of benzene rings is 2. The monoisotopic (exact) mass is 414 g/mol. The van der Waals surface area contributed by atoms with Gasteiger partial charge in [0.05, 0.1) is 0 Å². The molecule has 134 valence electrons. The minimum absolute atomic E-state index is 0.140. The lowest BCUT2D eigenvalue weighted by Crippen LogP contribution is -2.13. The van der Waals surface area contributed by atoms with Gasteiger partial charge in [0, 0.05) is 10.0 Å². The van der Waals surface area contributed by atoms with Crippen molar-refractivity contribution >= 4 is 27.9 Å². The molecule has 0 spiro atoms. The van der Waals surface area contributed by atoms with E-state index in [-0.39, 0.29) is 5.57 Å². The highest BCUT2D eigenvalue weighted by Crippen LogP contribution is 2.25. The number of hydrogen-bond donors (Lipinski definition) is 1. The van der Waals surface area contributed by atoms with E-state index in [0.717, 1.165) is 10.2 Å². The first-order chi connectivity index (χ1) is 12.4. The van der Waals surface area contributed by atoms with Crippen LogP contribution < -0.4 is 15.2 Å². The number of carbonyl (C=O) groups excluding carboxylic acids is 1. The Morgan fingerprint density at radius 1 is 1.15 bits per heavy atom. The third-order valence-corrected chi connectivity index (χ3v) is 4.24. The van der Waals surface area contributed by atoms with Crippen LogP contribution in [0.15, 0.2) is 46.4 Å². The molecule has 0 unspecified atom stereocenters. The molecule has 6 heteroatoms. The van der Waals surface area contributed by atoms with E-state index >= 15 is 0 Å². The van der Waals surface area contributed by atoms with Crippen molar-refractivity contribution < 1.29 is 14.3 Å². The van der Waals surface area contributed by atoms with Crippen LogP contribution in [0, 0.1) is 25.2 Å². The fourth-order valence-corrected chi connectivity index (χ4v) is 2.57. The zero-order valence-corrected chi connectivity index (χ0v) is 16.2. The molecular formula is C20H19BrN2O3. The maximum atomic E-state index is 11.3. The summed E-state index contributed by atoms with van der Waals surface area (Å²) in [6, 6.07) is 13.0. The summed E-state index contributed by atoms with van der Waals surface area (Å²) in [6.07, 6.45) is 1.41. The molecule has 1 amide bonds. The second-order valence-electron chi connectivity index (χ2n) is 5.66. The second kappa shape index (κ2) is 9.07. The van der Waals surface area contributed by atoms with Gasteiger partial charge in [-0.05, 0) is 61.4 Å². The number of amides is 1. The number of carbonyl (C=O) groups is 1. The van der Waals surface area contributed by atoms with Crippen LogP contribution in [-0.4, -0.2) is 19.1 Å². The Kier molecular flexibility index (Phi) is 6.81. The van der Waals surface area contributed by atoms with Crippen molar-refractivity contribution in [2.45, 2.75) is 13.8 Å². The summed E-state index contributed by atoms with van der Waals surface area (Å²) in [6.45, 7) is 4.76. The molecular weight excluding hydrogens is 396 g/mol. The van der Waals surface area contributed by atoms with Gasteiger partial charge in [0.1, 0.15) is 36.4 Å². The molecule has 0 atom stereocenters. The van der Waals surface area contributed by atoms with Gasteiger partial charge in [-0.2, -0.15) is 5.26 Å². The van der Waals surface area contributed by atoms with Crippen LogP contribution in [-0.2, 0) is 4.79 Å². The Hall–Kier alpha value is -2.78. The van der Waals surface area contributed by atoms with Gasteiger partial charge in [-0.1, -0.05) is 22.0 Å². The molecule has 0 aliphatic heterocycles. The maximum absolute atomic E-state index is 11.3. The number of aryl methyl sites for hydroxylation is 2. The highest BCUT2D eigenvalue weighted by Gasteiger charge is 2.08. The van der Waals surface area contributed by atoms with Crippen molar-refractivity contribution in [3.63, 3.8) is 0 Å². The number of nitrogens with two attached hydrogens (primary N) is 1. The molecule has 26 heavy (non-hydrogen) atoms. The molecule has 2 N–H and O–H groups in total. The molecule has 5 nitrogen and oxygen atoms in total. The highest BCUT2D eigenvalue weighted by atomic mass is 79.9. The van der Waals surface area contributed by atoms with E-state index in [1.54, 1.807) is 18.2 Å². The van der Waals surface area contributed by atoms with Gasteiger partial charge in [-0.3, -0.25) is 4.79 Å². The molecule has 2 rings (SSSR count). The van der Waals surface area contributed by atoms with E-state index in [4.69, 9.17) is 20.5 Å². The van der Waals surface area contributed by atoms with Crippen molar-refractivity contribution in [2.75, 3.05) is 13.2 Å². The maximum Gasteiger partial charge on any atom is 0.259 e.